The van der Waals surface area contributed by atoms with E-state index in [1.165, 1.54) is 0 Å². The highest BCUT2D eigenvalue weighted by Gasteiger charge is 2.37. The first kappa shape index (κ1) is 28.1. The lowest BCUT2D eigenvalue weighted by Crippen LogP contribution is -2.40. The molecule has 0 aliphatic heterocycles. The normalized spacial score (nSPS) is 11.6. The van der Waals surface area contributed by atoms with Gasteiger partial charge in [0.2, 0.25) is 17.6 Å². The molecule has 4 aromatic rings. The monoisotopic (exact) mass is 575 g/mol. The molecule has 1 N–H and O–H groups in total. The van der Waals surface area contributed by atoms with Gasteiger partial charge in [0.05, 0.1) is 26.4 Å². The Kier molecular flexibility index (Phi) is 8.28. The summed E-state index contributed by atoms with van der Waals surface area (Å²) in [5.41, 5.74) is -4.13. The molecule has 4 rings (SSSR count). The zero-order chi connectivity index (χ0) is 27.5. The Labute approximate surface area is 217 Å². The maximum absolute atomic E-state index is 13.2. The van der Waals surface area contributed by atoms with E-state index in [4.69, 9.17) is 40.9 Å². The molecule has 8 nitrogen and oxygen atoms in total. The summed E-state index contributed by atoms with van der Waals surface area (Å²) in [7, 11) is -6.09. The molecule has 0 radical (unpaired) electrons. The molecule has 0 aliphatic rings. The van der Waals surface area contributed by atoms with E-state index in [2.05, 4.69) is 0 Å². The summed E-state index contributed by atoms with van der Waals surface area (Å²) < 4.78 is 66.1. The maximum atomic E-state index is 13.2. The Morgan fingerprint density at radius 2 is 1.32 bits per heavy atom. The van der Waals surface area contributed by atoms with E-state index in [-0.39, 0.29) is 22.3 Å². The van der Waals surface area contributed by atoms with Crippen molar-refractivity contribution in [3.8, 4) is 5.75 Å². The zero-order valence-electron chi connectivity index (χ0n) is 18.2. The van der Waals surface area contributed by atoms with Crippen molar-refractivity contribution < 1.29 is 50.1 Å². The van der Waals surface area contributed by atoms with Gasteiger partial charge in [0.25, 0.3) is 0 Å². The predicted octanol–water partition coefficient (Wildman–Crippen LogP) is 4.94. The van der Waals surface area contributed by atoms with Crippen LogP contribution in [-0.4, -0.2) is 35.5 Å². The van der Waals surface area contributed by atoms with Crippen LogP contribution in [0.5, 0.6) is 5.75 Å². The number of benzene rings is 3. The molecule has 14 heteroatoms. The van der Waals surface area contributed by atoms with Crippen molar-refractivity contribution in [3.63, 3.8) is 0 Å². The summed E-state index contributed by atoms with van der Waals surface area (Å²) in [5.74, 6) is -1.53. The average molecular weight is 576 g/mol. The highest BCUT2D eigenvalue weighted by Crippen LogP contribution is 2.34. The summed E-state index contributed by atoms with van der Waals surface area (Å²) >= 11 is 12.3. The quantitative estimate of drug-likeness (QED) is 0.0911. The molecule has 1 aromatic heterocycles. The van der Waals surface area contributed by atoms with Crippen LogP contribution >= 0.6 is 23.2 Å². The summed E-state index contributed by atoms with van der Waals surface area (Å²) in [6.07, 6.45) is 0. The number of carbonyl (C=O) groups excluding carboxylic acids is 1. The Morgan fingerprint density at radius 3 is 1.73 bits per heavy atom. The third kappa shape index (κ3) is 6.28. The molecular formula is C23H14Cl2F3NO7S. The molecule has 0 saturated heterocycles. The van der Waals surface area contributed by atoms with Crippen molar-refractivity contribution in [3.05, 3.63) is 82.3 Å². The summed E-state index contributed by atoms with van der Waals surface area (Å²) in [4.78, 5) is 24.7. The first-order valence-corrected chi connectivity index (χ1v) is 12.1. The molecule has 0 spiro atoms. The van der Waals surface area contributed by atoms with Gasteiger partial charge in [-0.25, -0.2) is 18.0 Å². The van der Waals surface area contributed by atoms with Crippen LogP contribution in [-0.2, 0) is 21.5 Å². The lowest BCUT2D eigenvalue weighted by molar-refractivity contribution is -0.633. The molecule has 37 heavy (non-hydrogen) atoms. The van der Waals surface area contributed by atoms with Crippen LogP contribution in [0.15, 0.2) is 66.7 Å². The first-order chi connectivity index (χ1) is 17.2. The number of fused-ring (bicyclic) bond motifs is 2. The second-order valence-corrected chi connectivity index (χ2v) is 9.41. The van der Waals surface area contributed by atoms with Crippen molar-refractivity contribution >= 4 is 67.1 Å². The zero-order valence-corrected chi connectivity index (χ0v) is 20.5. The average Bonchev–Trinajstić information content (AvgIpc) is 2.80. The Morgan fingerprint density at radius 1 is 0.892 bits per heavy atom. The summed E-state index contributed by atoms with van der Waals surface area (Å²) in [6, 6.07) is 19.0. The number of aliphatic carboxylic acids is 1. The molecule has 0 fully saturated rings. The Hall–Kier alpha value is -3.45. The second-order valence-electron chi connectivity index (χ2n) is 7.23. The van der Waals surface area contributed by atoms with Crippen molar-refractivity contribution in [2.24, 2.45) is 0 Å². The molecule has 0 bridgehead atoms. The van der Waals surface area contributed by atoms with Crippen LogP contribution in [0.25, 0.3) is 21.8 Å². The molecule has 0 aliphatic carbocycles. The fraction of sp³-hybridized carbons (Fsp3) is 0.0870. The van der Waals surface area contributed by atoms with Crippen LogP contribution in [0.4, 0.5) is 13.2 Å². The van der Waals surface area contributed by atoms with Gasteiger partial charge in [-0.05, 0) is 24.3 Å². The number of carboxylic acids is 1. The van der Waals surface area contributed by atoms with Crippen LogP contribution in [0, 0.1) is 0 Å². The van der Waals surface area contributed by atoms with Crippen LogP contribution in [0.1, 0.15) is 10.4 Å². The van der Waals surface area contributed by atoms with E-state index in [1.54, 1.807) is 71.3 Å². The van der Waals surface area contributed by atoms with Gasteiger partial charge in [0.1, 0.15) is 0 Å². The molecule has 194 valence electrons. The van der Waals surface area contributed by atoms with Crippen molar-refractivity contribution in [1.29, 1.82) is 0 Å². The van der Waals surface area contributed by atoms with Crippen LogP contribution < -0.4 is 9.30 Å². The molecule has 1 heterocycles. The molecular weight excluding hydrogens is 562 g/mol. The number of halogens is 5. The first-order valence-electron chi connectivity index (χ1n) is 9.95. The van der Waals surface area contributed by atoms with Gasteiger partial charge in [-0.2, -0.15) is 17.7 Å². The summed E-state index contributed by atoms with van der Waals surface area (Å²) in [6.45, 7) is -0.243. The highest BCUT2D eigenvalue weighted by molar-refractivity contribution is 7.86. The molecule has 0 saturated carbocycles. The predicted molar refractivity (Wildman–Crippen MR) is 126 cm³/mol. The van der Waals surface area contributed by atoms with Gasteiger partial charge < -0.3 is 14.4 Å². The number of hydrogen-bond acceptors (Lipinski definition) is 6. The number of nitrogens with zero attached hydrogens (tertiary/aromatic N) is 1. The number of para-hydroxylation sites is 3. The maximum Gasteiger partial charge on any atom is 0.485 e. The lowest BCUT2D eigenvalue weighted by Gasteiger charge is -2.12. The number of esters is 1. The van der Waals surface area contributed by atoms with Crippen LogP contribution in [0.2, 0.25) is 10.0 Å². The lowest BCUT2D eigenvalue weighted by atomic mass is 10.0. The number of alkyl halides is 3. The van der Waals surface area contributed by atoms with Gasteiger partial charge in [-0.1, -0.05) is 53.5 Å². The van der Waals surface area contributed by atoms with Gasteiger partial charge >= 0.3 is 17.4 Å². The topological polar surface area (TPSA) is 125 Å². The van der Waals surface area contributed by atoms with Crippen molar-refractivity contribution in [2.75, 3.05) is 0 Å². The van der Waals surface area contributed by atoms with Gasteiger partial charge in [-0.15, -0.1) is 0 Å². The minimum Gasteiger partial charge on any atom is -0.741 e. The van der Waals surface area contributed by atoms with Gasteiger partial charge in [-0.3, -0.25) is 0 Å². The smallest absolute Gasteiger partial charge is 0.485 e. The minimum atomic E-state index is -6.09. The number of carboxylic acid groups (broad SMARTS) is 1. The van der Waals surface area contributed by atoms with Crippen LogP contribution in [0.3, 0.4) is 0 Å². The number of ether oxygens (including phenoxy) is 1. The minimum absolute atomic E-state index is 0.0799. The fourth-order valence-electron chi connectivity index (χ4n) is 3.36. The second kappa shape index (κ2) is 10.9. The molecule has 0 atom stereocenters. The third-order valence-corrected chi connectivity index (χ3v) is 5.99. The molecule has 0 unspecified atom stereocenters. The standard InChI is InChI=1S/C22H13Cl2NO4.CHF3O3S/c23-15-8-5-9-16(24)21(15)29-22(28)20-13-6-1-3-10-17(13)25(12-19(26)27)18-11-4-2-7-14(18)20;2-1(3,4)8(5,6)7/h1-11H,12H2;(H,5,6,7). The fourth-order valence-corrected chi connectivity index (χ4v) is 3.84. The number of pyridine rings is 1. The van der Waals surface area contributed by atoms with E-state index in [9.17, 15) is 27.9 Å². The largest absolute Gasteiger partial charge is 0.741 e. The molecule has 3 aromatic carbocycles. The van der Waals surface area contributed by atoms with E-state index in [1.807, 2.05) is 0 Å². The SMILES string of the molecule is O=C(O)C[n+]1c2ccccc2c(C(=O)Oc2c(Cl)cccc2Cl)c2ccccc21.O=S(=O)([O-])C(F)(F)F. The number of aromatic nitrogens is 1. The van der Waals surface area contributed by atoms with E-state index < -0.39 is 27.6 Å². The number of hydrogen-bond donors (Lipinski definition) is 1. The Bertz CT molecular complexity index is 1550. The number of carbonyl (C=O) groups is 2. The van der Waals surface area contributed by atoms with E-state index >= 15 is 0 Å². The Balaban J connectivity index is 0.000000414. The third-order valence-electron chi connectivity index (χ3n) is 4.82. The highest BCUT2D eigenvalue weighted by atomic mass is 35.5. The van der Waals surface area contributed by atoms with Gasteiger partial charge in [0, 0.05) is 12.1 Å². The summed E-state index contributed by atoms with van der Waals surface area (Å²) in [5, 5.41) is 11.0. The van der Waals surface area contributed by atoms with Crippen molar-refractivity contribution in [2.45, 2.75) is 12.1 Å². The van der Waals surface area contributed by atoms with Crippen molar-refractivity contribution in [1.82, 2.24) is 0 Å². The van der Waals surface area contributed by atoms with Gasteiger partial charge in [0.15, 0.2) is 15.9 Å². The molecule has 0 amide bonds. The van der Waals surface area contributed by atoms with E-state index in [0.717, 1.165) is 0 Å². The van der Waals surface area contributed by atoms with E-state index in [0.29, 0.717) is 27.4 Å². The number of rotatable bonds is 4.